The van der Waals surface area contributed by atoms with E-state index in [2.05, 4.69) is 57.8 Å². The van der Waals surface area contributed by atoms with Crippen LogP contribution in [0.1, 0.15) is 0 Å². The molecular formula is C11H8Br3N3O2. The fraction of sp³-hybridized carbons (Fsp3) is 0.0909. The van der Waals surface area contributed by atoms with E-state index in [0.717, 1.165) is 8.95 Å². The first kappa shape index (κ1) is 14.5. The average Bonchev–Trinajstić information content (AvgIpc) is 2.38. The van der Waals surface area contributed by atoms with Gasteiger partial charge in [-0.2, -0.15) is 0 Å². The number of aromatic nitrogens is 2. The molecule has 2 rings (SSSR count). The predicted molar refractivity (Wildman–Crippen MR) is 82.6 cm³/mol. The molecule has 0 aliphatic carbocycles. The first-order valence-electron chi connectivity index (χ1n) is 4.99. The smallest absolute Gasteiger partial charge is 0.238 e. The monoisotopic (exact) mass is 451 g/mol. The van der Waals surface area contributed by atoms with E-state index in [0.29, 0.717) is 27.7 Å². The summed E-state index contributed by atoms with van der Waals surface area (Å²) in [6.07, 6.45) is 1.34. The molecule has 1 heterocycles. The highest BCUT2D eigenvalue weighted by Gasteiger charge is 2.13. The third-order valence-corrected chi connectivity index (χ3v) is 4.18. The minimum atomic E-state index is 0.314. The lowest BCUT2D eigenvalue weighted by Gasteiger charge is -2.11. The molecule has 1 aromatic carbocycles. The first-order chi connectivity index (χ1) is 9.02. The Bertz CT molecular complexity index is 622. The number of halogens is 3. The summed E-state index contributed by atoms with van der Waals surface area (Å²) >= 11 is 10.1. The minimum Gasteiger partial charge on any atom is -0.496 e. The number of methoxy groups -OCH3 is 1. The Morgan fingerprint density at radius 2 is 1.68 bits per heavy atom. The summed E-state index contributed by atoms with van der Waals surface area (Å²) in [6, 6.07) is 3.56. The molecule has 2 aromatic rings. The summed E-state index contributed by atoms with van der Waals surface area (Å²) in [5.41, 5.74) is 5.67. The molecule has 0 saturated heterocycles. The highest BCUT2D eigenvalue weighted by Crippen LogP contribution is 2.39. The summed E-state index contributed by atoms with van der Waals surface area (Å²) in [5.74, 6) is 1.92. The van der Waals surface area contributed by atoms with Gasteiger partial charge in [-0.3, -0.25) is 0 Å². The molecule has 0 amide bonds. The first-order valence-corrected chi connectivity index (χ1v) is 7.37. The maximum absolute atomic E-state index is 5.69. The molecule has 0 atom stereocenters. The van der Waals surface area contributed by atoms with Gasteiger partial charge < -0.3 is 15.2 Å². The normalized spacial score (nSPS) is 10.3. The Hall–Kier alpha value is -0.860. The van der Waals surface area contributed by atoms with Crippen LogP contribution in [0.25, 0.3) is 0 Å². The minimum absolute atomic E-state index is 0.314. The largest absolute Gasteiger partial charge is 0.496 e. The van der Waals surface area contributed by atoms with E-state index in [9.17, 15) is 0 Å². The van der Waals surface area contributed by atoms with Gasteiger partial charge in [0, 0.05) is 0 Å². The molecular weight excluding hydrogens is 446 g/mol. The fourth-order valence-electron chi connectivity index (χ4n) is 1.29. The van der Waals surface area contributed by atoms with Gasteiger partial charge in [0.2, 0.25) is 5.88 Å². The summed E-state index contributed by atoms with van der Waals surface area (Å²) in [4.78, 5) is 7.87. The number of nitrogens with zero attached hydrogens (tertiary/aromatic N) is 2. The van der Waals surface area contributed by atoms with Crippen molar-refractivity contribution in [3.63, 3.8) is 0 Å². The van der Waals surface area contributed by atoms with Gasteiger partial charge in [-0.1, -0.05) is 0 Å². The van der Waals surface area contributed by atoms with Crippen molar-refractivity contribution in [3.05, 3.63) is 31.9 Å². The van der Waals surface area contributed by atoms with Gasteiger partial charge in [-0.05, 0) is 59.9 Å². The molecule has 0 fully saturated rings. The lowest BCUT2D eigenvalue weighted by Crippen LogP contribution is -1.97. The van der Waals surface area contributed by atoms with Crippen LogP contribution in [0.2, 0.25) is 0 Å². The topological polar surface area (TPSA) is 70.3 Å². The summed E-state index contributed by atoms with van der Waals surface area (Å²) in [6.45, 7) is 0. The summed E-state index contributed by atoms with van der Waals surface area (Å²) < 4.78 is 12.9. The van der Waals surface area contributed by atoms with Crippen molar-refractivity contribution >= 4 is 53.6 Å². The zero-order valence-electron chi connectivity index (χ0n) is 9.65. The van der Waals surface area contributed by atoms with Crippen LogP contribution >= 0.6 is 47.8 Å². The van der Waals surface area contributed by atoms with Crippen molar-refractivity contribution < 1.29 is 9.47 Å². The molecule has 0 unspecified atom stereocenters. The lowest BCUT2D eigenvalue weighted by molar-refractivity contribution is 0.408. The number of ether oxygens (including phenoxy) is 2. The second-order valence-corrected chi connectivity index (χ2v) is 5.90. The van der Waals surface area contributed by atoms with Crippen LogP contribution in [0, 0.1) is 0 Å². The molecule has 0 spiro atoms. The van der Waals surface area contributed by atoms with E-state index in [1.807, 2.05) is 0 Å². The Morgan fingerprint density at radius 1 is 1.05 bits per heavy atom. The standard InChI is InChI=1S/C11H8Br3N3O2/c1-18-7-2-6(13)8(3-5(7)12)19-11-9(14)10(15)16-4-17-11/h2-4H,1H3,(H2,15,16,17). The molecule has 0 aliphatic heterocycles. The summed E-state index contributed by atoms with van der Waals surface area (Å²) in [7, 11) is 1.59. The van der Waals surface area contributed by atoms with Crippen molar-refractivity contribution in [3.8, 4) is 17.4 Å². The van der Waals surface area contributed by atoms with E-state index in [1.54, 1.807) is 19.2 Å². The molecule has 5 nitrogen and oxygen atoms in total. The number of anilines is 1. The number of hydrogen-bond donors (Lipinski definition) is 1. The number of nitrogens with two attached hydrogens (primary N) is 1. The van der Waals surface area contributed by atoms with Crippen LogP contribution in [-0.2, 0) is 0 Å². The van der Waals surface area contributed by atoms with Crippen LogP contribution in [0.3, 0.4) is 0 Å². The molecule has 0 radical (unpaired) electrons. The second kappa shape index (κ2) is 6.06. The molecule has 1 aromatic heterocycles. The van der Waals surface area contributed by atoms with E-state index in [4.69, 9.17) is 15.2 Å². The van der Waals surface area contributed by atoms with Gasteiger partial charge >= 0.3 is 0 Å². The van der Waals surface area contributed by atoms with Crippen molar-refractivity contribution in [1.29, 1.82) is 0 Å². The average molecular weight is 454 g/mol. The number of rotatable bonds is 3. The number of nitrogen functional groups attached to an aromatic ring is 1. The maximum atomic E-state index is 5.69. The Kier molecular flexibility index (Phi) is 4.64. The van der Waals surface area contributed by atoms with Crippen LogP contribution in [0.15, 0.2) is 31.9 Å². The fourth-order valence-corrected chi connectivity index (χ4v) is 2.46. The van der Waals surface area contributed by atoms with Crippen molar-refractivity contribution in [1.82, 2.24) is 9.97 Å². The number of benzene rings is 1. The van der Waals surface area contributed by atoms with Crippen LogP contribution < -0.4 is 15.2 Å². The number of hydrogen-bond acceptors (Lipinski definition) is 5. The Labute approximate surface area is 134 Å². The van der Waals surface area contributed by atoms with Gasteiger partial charge in [0.05, 0.1) is 16.1 Å². The summed E-state index contributed by atoms with van der Waals surface area (Å²) in [5, 5.41) is 0. The lowest BCUT2D eigenvalue weighted by atomic mass is 10.3. The molecule has 2 N–H and O–H groups in total. The van der Waals surface area contributed by atoms with Gasteiger partial charge in [-0.15, -0.1) is 0 Å². The zero-order chi connectivity index (χ0) is 14.0. The van der Waals surface area contributed by atoms with E-state index in [-0.39, 0.29) is 0 Å². The quantitative estimate of drug-likeness (QED) is 0.756. The molecule has 0 saturated carbocycles. The molecule has 8 heteroatoms. The van der Waals surface area contributed by atoms with E-state index < -0.39 is 0 Å². The third kappa shape index (κ3) is 3.18. The predicted octanol–water partition coefficient (Wildman–Crippen LogP) is 4.15. The zero-order valence-corrected chi connectivity index (χ0v) is 14.4. The third-order valence-electron chi connectivity index (χ3n) is 2.20. The van der Waals surface area contributed by atoms with Crippen molar-refractivity contribution in [2.75, 3.05) is 12.8 Å². The van der Waals surface area contributed by atoms with Crippen molar-refractivity contribution in [2.24, 2.45) is 0 Å². The van der Waals surface area contributed by atoms with Gasteiger partial charge in [0.15, 0.2) is 0 Å². The molecule has 19 heavy (non-hydrogen) atoms. The highest BCUT2D eigenvalue weighted by atomic mass is 79.9. The van der Waals surface area contributed by atoms with Gasteiger partial charge in [0.1, 0.15) is 28.1 Å². The molecule has 0 bridgehead atoms. The van der Waals surface area contributed by atoms with Gasteiger partial charge in [0.25, 0.3) is 0 Å². The van der Waals surface area contributed by atoms with Crippen molar-refractivity contribution in [2.45, 2.75) is 0 Å². The molecule has 100 valence electrons. The van der Waals surface area contributed by atoms with Crippen LogP contribution in [-0.4, -0.2) is 17.1 Å². The van der Waals surface area contributed by atoms with Crippen LogP contribution in [0.5, 0.6) is 17.4 Å². The second-order valence-electron chi connectivity index (χ2n) is 3.40. The van der Waals surface area contributed by atoms with E-state index >= 15 is 0 Å². The Balaban J connectivity index is 2.38. The molecule has 0 aliphatic rings. The Morgan fingerprint density at radius 3 is 2.37 bits per heavy atom. The van der Waals surface area contributed by atoms with Crippen LogP contribution in [0.4, 0.5) is 5.82 Å². The maximum Gasteiger partial charge on any atom is 0.238 e. The highest BCUT2D eigenvalue weighted by molar-refractivity contribution is 9.11. The van der Waals surface area contributed by atoms with E-state index in [1.165, 1.54) is 6.33 Å². The van der Waals surface area contributed by atoms with Gasteiger partial charge in [-0.25, -0.2) is 9.97 Å². The SMILES string of the molecule is COc1cc(Br)c(Oc2ncnc(N)c2Br)cc1Br.